The van der Waals surface area contributed by atoms with E-state index < -0.39 is 23.7 Å². The number of carbonyl (C=O) groups excluding carboxylic acids is 1. The Morgan fingerprint density at radius 1 is 1.64 bits per heavy atom. The maximum absolute atomic E-state index is 13.7. The zero-order valence-electron chi connectivity index (χ0n) is 12.5. The molecule has 1 rings (SSSR count). The van der Waals surface area contributed by atoms with Crippen LogP contribution < -0.4 is 10.6 Å². The van der Waals surface area contributed by atoms with Gasteiger partial charge in [0, 0.05) is 6.20 Å². The zero-order valence-corrected chi connectivity index (χ0v) is 13.3. The van der Waals surface area contributed by atoms with Gasteiger partial charge in [-0.15, -0.1) is 0 Å². The topological polar surface area (TPSA) is 98.0 Å². The molecule has 0 spiro atoms. The monoisotopic (exact) mass is 328 g/mol. The lowest BCUT2D eigenvalue weighted by Gasteiger charge is -2.22. The number of alkyl halides is 1. The minimum atomic E-state index is -1.62. The van der Waals surface area contributed by atoms with Crippen molar-refractivity contribution in [2.75, 3.05) is 11.9 Å². The fourth-order valence-corrected chi connectivity index (χ4v) is 1.68. The number of anilines is 1. The third kappa shape index (κ3) is 5.13. The van der Waals surface area contributed by atoms with Crippen molar-refractivity contribution < 1.29 is 14.3 Å². The average Bonchev–Trinajstić information content (AvgIpc) is 2.43. The molecule has 22 heavy (non-hydrogen) atoms. The molecule has 1 heterocycles. The molecule has 8 heteroatoms. The number of aromatic nitrogens is 1. The fraction of sp³-hybridized carbons (Fsp3) is 0.500. The number of nitrogens with one attached hydrogen (secondary N) is 2. The van der Waals surface area contributed by atoms with Crippen molar-refractivity contribution in [1.29, 1.82) is 5.26 Å². The van der Waals surface area contributed by atoms with Gasteiger partial charge in [-0.2, -0.15) is 5.26 Å². The molecule has 0 aliphatic carbocycles. The SMILES string of the molecule is C[C@H](C#N)Nc1cc(Cl)ncc1C(=O)NC[C@H](F)C(C)(C)O. The third-order valence-corrected chi connectivity index (χ3v) is 3.10. The second-order valence-electron chi connectivity index (χ2n) is 5.38. The molecule has 0 unspecified atom stereocenters. The van der Waals surface area contributed by atoms with Crippen LogP contribution in [0.1, 0.15) is 31.1 Å². The molecule has 1 aromatic heterocycles. The molecule has 0 aromatic carbocycles. The van der Waals surface area contributed by atoms with E-state index in [0.717, 1.165) is 0 Å². The molecule has 0 saturated carbocycles. The van der Waals surface area contributed by atoms with Gasteiger partial charge in [0.25, 0.3) is 5.91 Å². The summed E-state index contributed by atoms with van der Waals surface area (Å²) in [5.41, 5.74) is -1.10. The lowest BCUT2D eigenvalue weighted by Crippen LogP contribution is -2.42. The first-order valence-corrected chi connectivity index (χ1v) is 6.99. The van der Waals surface area contributed by atoms with E-state index in [9.17, 15) is 14.3 Å². The van der Waals surface area contributed by atoms with Gasteiger partial charge in [0.15, 0.2) is 0 Å². The van der Waals surface area contributed by atoms with Crippen LogP contribution in [-0.2, 0) is 0 Å². The number of aliphatic hydroxyl groups is 1. The van der Waals surface area contributed by atoms with Crippen LogP contribution in [0.25, 0.3) is 0 Å². The first-order chi connectivity index (χ1) is 10.1. The highest BCUT2D eigenvalue weighted by atomic mass is 35.5. The second-order valence-corrected chi connectivity index (χ2v) is 5.77. The summed E-state index contributed by atoms with van der Waals surface area (Å²) >= 11 is 5.78. The standard InChI is InChI=1S/C14H18ClFN4O2/c1-8(5-17)20-10-4-12(15)18-6-9(10)13(21)19-7-11(16)14(2,3)22/h4,6,8,11,22H,7H2,1-3H3,(H,18,20)(H,19,21)/t8-,11+/m1/s1. The lowest BCUT2D eigenvalue weighted by molar-refractivity contribution is -0.00177. The predicted molar refractivity (Wildman–Crippen MR) is 81.5 cm³/mol. The number of hydrogen-bond donors (Lipinski definition) is 3. The Hall–Kier alpha value is -1.91. The molecule has 0 saturated heterocycles. The van der Waals surface area contributed by atoms with Gasteiger partial charge in [-0.1, -0.05) is 11.6 Å². The maximum Gasteiger partial charge on any atom is 0.255 e. The molecule has 0 radical (unpaired) electrons. The number of nitriles is 1. The van der Waals surface area contributed by atoms with E-state index in [4.69, 9.17) is 16.9 Å². The van der Waals surface area contributed by atoms with Crippen molar-refractivity contribution >= 4 is 23.2 Å². The molecule has 0 aliphatic heterocycles. The fourth-order valence-electron chi connectivity index (χ4n) is 1.52. The number of hydrogen-bond acceptors (Lipinski definition) is 5. The summed E-state index contributed by atoms with van der Waals surface area (Å²) in [4.78, 5) is 15.9. The predicted octanol–water partition coefficient (Wildman–Crippen LogP) is 1.90. The maximum atomic E-state index is 13.7. The summed E-state index contributed by atoms with van der Waals surface area (Å²) in [6.45, 7) is 3.89. The van der Waals surface area contributed by atoms with Gasteiger partial charge < -0.3 is 15.7 Å². The zero-order chi connectivity index (χ0) is 16.9. The summed E-state index contributed by atoms with van der Waals surface area (Å²) < 4.78 is 13.7. The van der Waals surface area contributed by atoms with E-state index in [1.807, 2.05) is 6.07 Å². The summed E-state index contributed by atoms with van der Waals surface area (Å²) in [6, 6.07) is 2.83. The Morgan fingerprint density at radius 2 is 2.27 bits per heavy atom. The number of halogens is 2. The van der Waals surface area contributed by atoms with Crippen molar-refractivity contribution in [3.05, 3.63) is 23.0 Å². The Kier molecular flexibility index (Phi) is 6.09. The van der Waals surface area contributed by atoms with Crippen LogP contribution in [-0.4, -0.2) is 40.4 Å². The molecule has 0 fully saturated rings. The second kappa shape index (κ2) is 7.38. The van der Waals surface area contributed by atoms with Crippen molar-refractivity contribution in [2.24, 2.45) is 0 Å². The van der Waals surface area contributed by atoms with E-state index in [1.54, 1.807) is 6.92 Å². The minimum Gasteiger partial charge on any atom is -0.387 e. The van der Waals surface area contributed by atoms with E-state index in [1.165, 1.54) is 26.1 Å². The van der Waals surface area contributed by atoms with Gasteiger partial charge in [-0.3, -0.25) is 4.79 Å². The van der Waals surface area contributed by atoms with Gasteiger partial charge in [0.2, 0.25) is 0 Å². The quantitative estimate of drug-likeness (QED) is 0.693. The highest BCUT2D eigenvalue weighted by Crippen LogP contribution is 2.20. The third-order valence-electron chi connectivity index (χ3n) is 2.89. The van der Waals surface area contributed by atoms with E-state index in [0.29, 0.717) is 5.69 Å². The van der Waals surface area contributed by atoms with Gasteiger partial charge in [0.05, 0.1) is 29.5 Å². The van der Waals surface area contributed by atoms with Crippen molar-refractivity contribution in [3.63, 3.8) is 0 Å². The van der Waals surface area contributed by atoms with Gasteiger partial charge in [0.1, 0.15) is 17.4 Å². The molecule has 0 aliphatic rings. The van der Waals surface area contributed by atoms with E-state index in [-0.39, 0.29) is 17.3 Å². The normalized spacial score (nSPS) is 13.9. The van der Waals surface area contributed by atoms with Crippen LogP contribution in [0.4, 0.5) is 10.1 Å². The average molecular weight is 329 g/mol. The molecule has 1 aromatic rings. The molecule has 2 atom stereocenters. The number of rotatable bonds is 6. The highest BCUT2D eigenvalue weighted by molar-refractivity contribution is 6.29. The first-order valence-electron chi connectivity index (χ1n) is 6.61. The lowest BCUT2D eigenvalue weighted by atomic mass is 10.0. The van der Waals surface area contributed by atoms with Crippen LogP contribution in [0.2, 0.25) is 5.15 Å². The van der Waals surface area contributed by atoms with Crippen LogP contribution in [0.3, 0.4) is 0 Å². The Labute approximate surface area is 133 Å². The van der Waals surface area contributed by atoms with Crippen LogP contribution in [0, 0.1) is 11.3 Å². The van der Waals surface area contributed by atoms with Gasteiger partial charge in [-0.25, -0.2) is 9.37 Å². The number of nitrogens with zero attached hydrogens (tertiary/aromatic N) is 2. The summed E-state index contributed by atoms with van der Waals surface area (Å²) in [7, 11) is 0. The van der Waals surface area contributed by atoms with Gasteiger partial charge in [-0.05, 0) is 26.8 Å². The largest absolute Gasteiger partial charge is 0.387 e. The molecular weight excluding hydrogens is 311 g/mol. The smallest absolute Gasteiger partial charge is 0.255 e. The summed E-state index contributed by atoms with van der Waals surface area (Å²) in [6.07, 6.45) is -0.382. The van der Waals surface area contributed by atoms with E-state index >= 15 is 0 Å². The Morgan fingerprint density at radius 3 is 2.82 bits per heavy atom. The first kappa shape index (κ1) is 18.1. The number of amides is 1. The Bertz CT molecular complexity index is 583. The molecule has 1 amide bonds. The summed E-state index contributed by atoms with van der Waals surface area (Å²) in [5, 5.41) is 23.7. The number of pyridine rings is 1. The molecule has 0 bridgehead atoms. The highest BCUT2D eigenvalue weighted by Gasteiger charge is 2.27. The van der Waals surface area contributed by atoms with Crippen molar-refractivity contribution in [1.82, 2.24) is 10.3 Å². The van der Waals surface area contributed by atoms with Gasteiger partial charge >= 0.3 is 0 Å². The molecule has 6 nitrogen and oxygen atoms in total. The van der Waals surface area contributed by atoms with Crippen LogP contribution in [0.15, 0.2) is 12.3 Å². The van der Waals surface area contributed by atoms with Crippen LogP contribution >= 0.6 is 11.6 Å². The number of carbonyl (C=O) groups is 1. The van der Waals surface area contributed by atoms with Crippen LogP contribution in [0.5, 0.6) is 0 Å². The molecular formula is C14H18ClFN4O2. The Balaban J connectivity index is 2.87. The molecule has 120 valence electrons. The molecule has 3 N–H and O–H groups in total. The van der Waals surface area contributed by atoms with E-state index in [2.05, 4.69) is 15.6 Å². The van der Waals surface area contributed by atoms with Crippen molar-refractivity contribution in [2.45, 2.75) is 38.6 Å². The minimum absolute atomic E-state index is 0.134. The summed E-state index contributed by atoms with van der Waals surface area (Å²) in [5.74, 6) is -0.580. The van der Waals surface area contributed by atoms with Crippen molar-refractivity contribution in [3.8, 4) is 6.07 Å².